The highest BCUT2D eigenvalue weighted by molar-refractivity contribution is 5.84. The lowest BCUT2D eigenvalue weighted by Gasteiger charge is -2.20. The largest absolute Gasteiger partial charge is 0.405 e. The zero-order valence-corrected chi connectivity index (χ0v) is 7.31. The summed E-state index contributed by atoms with van der Waals surface area (Å²) in [6, 6.07) is 0. The van der Waals surface area contributed by atoms with Gasteiger partial charge in [-0.05, 0) is 0 Å². The zero-order valence-electron chi connectivity index (χ0n) is 7.31. The van der Waals surface area contributed by atoms with Crippen LogP contribution in [0.15, 0.2) is 0 Å². The summed E-state index contributed by atoms with van der Waals surface area (Å²) in [6.07, 6.45) is -7.30. The van der Waals surface area contributed by atoms with Crippen LogP contribution < -0.4 is 11.1 Å². The van der Waals surface area contributed by atoms with Gasteiger partial charge in [0.25, 0.3) is 5.91 Å². The number of hydrogen-bond acceptors (Lipinski definition) is 3. The minimum Gasteiger partial charge on any atom is -0.385 e. The Bertz CT molecular complexity index is 230. The number of amides is 1. The van der Waals surface area contributed by atoms with Crippen LogP contribution >= 0.6 is 0 Å². The number of carbonyl (C=O) groups excluding carboxylic acids is 1. The van der Waals surface area contributed by atoms with Crippen LogP contribution in [0.25, 0.3) is 0 Å². The van der Waals surface area contributed by atoms with Gasteiger partial charge in [-0.15, -0.1) is 0 Å². The molecule has 0 bridgehead atoms. The Balaban J connectivity index is 4.32. The number of aliphatic hydroxyl groups is 1. The number of carbonyl (C=O) groups is 1. The fraction of sp³-hybridized carbons (Fsp3) is 0.833. The van der Waals surface area contributed by atoms with E-state index in [1.165, 1.54) is 0 Å². The topological polar surface area (TPSA) is 75.3 Å². The quantitative estimate of drug-likeness (QED) is 0.582. The molecule has 0 aromatic carbocycles. The Hall–Kier alpha value is -0.960. The van der Waals surface area contributed by atoms with Crippen LogP contribution in [0.3, 0.4) is 0 Å². The van der Waals surface area contributed by atoms with E-state index in [4.69, 9.17) is 5.11 Å². The number of aliphatic hydroxyl groups excluding tert-OH is 1. The van der Waals surface area contributed by atoms with Gasteiger partial charge in [-0.25, -0.2) is 0 Å². The molecule has 0 heterocycles. The van der Waals surface area contributed by atoms with Crippen LogP contribution in [0.1, 0.15) is 0 Å². The second kappa shape index (κ2) is 4.71. The summed E-state index contributed by atoms with van der Waals surface area (Å²) in [5, 5.41) is 9.52. The Kier molecular flexibility index (Phi) is 4.41. The Morgan fingerprint density at radius 2 is 1.80 bits per heavy atom. The molecule has 0 aromatic rings. The molecule has 90 valence electrons. The van der Waals surface area contributed by atoms with Gasteiger partial charge < -0.3 is 16.2 Å². The summed E-state index contributed by atoms with van der Waals surface area (Å²) in [5.41, 5.74) is 4.65. The van der Waals surface area contributed by atoms with Gasteiger partial charge in [0.2, 0.25) is 0 Å². The normalized spacial score (nSPS) is 14.9. The summed E-state index contributed by atoms with van der Waals surface area (Å²) >= 11 is 0. The Morgan fingerprint density at radius 1 is 1.33 bits per heavy atom. The predicted octanol–water partition coefficient (Wildman–Crippen LogP) is -0.380. The molecule has 0 spiro atoms. The maximum atomic E-state index is 12.7. The number of hydrogen-bond donors (Lipinski definition) is 3. The van der Waals surface area contributed by atoms with E-state index in [-0.39, 0.29) is 0 Å². The van der Waals surface area contributed by atoms with E-state index in [1.807, 2.05) is 0 Å². The standard InChI is InChI=1S/C6H9F5N2O2/c7-5(8,9)2-13-4(15)6(10,11)3(14)1-12/h3,14H,1-2,12H2,(H,13,15). The number of alkyl halides is 5. The summed E-state index contributed by atoms with van der Waals surface area (Å²) in [4.78, 5) is 10.5. The predicted molar refractivity (Wildman–Crippen MR) is 39.1 cm³/mol. The number of nitrogens with one attached hydrogen (secondary N) is 1. The van der Waals surface area contributed by atoms with Crippen LogP contribution in [0.4, 0.5) is 22.0 Å². The minimum absolute atomic E-state index is 0.938. The molecule has 4 nitrogen and oxygen atoms in total. The van der Waals surface area contributed by atoms with E-state index in [2.05, 4.69) is 5.73 Å². The number of halogens is 5. The molecule has 1 unspecified atom stereocenters. The van der Waals surface area contributed by atoms with Gasteiger partial charge in [-0.3, -0.25) is 4.79 Å². The van der Waals surface area contributed by atoms with Crippen molar-refractivity contribution < 1.29 is 31.9 Å². The van der Waals surface area contributed by atoms with Crippen LogP contribution in [-0.2, 0) is 4.79 Å². The molecule has 0 fully saturated rings. The highest BCUT2D eigenvalue weighted by Gasteiger charge is 2.46. The first-order valence-electron chi connectivity index (χ1n) is 3.72. The molecular weight excluding hydrogens is 227 g/mol. The van der Waals surface area contributed by atoms with E-state index in [1.54, 1.807) is 0 Å². The van der Waals surface area contributed by atoms with Gasteiger partial charge in [0.1, 0.15) is 12.6 Å². The molecule has 0 rings (SSSR count). The summed E-state index contributed by atoms with van der Waals surface area (Å²) in [6.45, 7) is -2.83. The van der Waals surface area contributed by atoms with E-state index in [0.29, 0.717) is 0 Å². The van der Waals surface area contributed by atoms with Gasteiger partial charge in [0.15, 0.2) is 0 Å². The summed E-state index contributed by atoms with van der Waals surface area (Å²) in [7, 11) is 0. The fourth-order valence-electron chi connectivity index (χ4n) is 0.598. The lowest BCUT2D eigenvalue weighted by Crippen LogP contribution is -2.52. The van der Waals surface area contributed by atoms with E-state index < -0.39 is 37.2 Å². The van der Waals surface area contributed by atoms with Crippen molar-refractivity contribution in [3.05, 3.63) is 0 Å². The zero-order chi connectivity index (χ0) is 12.3. The lowest BCUT2D eigenvalue weighted by atomic mass is 10.2. The smallest absolute Gasteiger partial charge is 0.385 e. The SMILES string of the molecule is NCC(O)C(F)(F)C(=O)NCC(F)(F)F. The van der Waals surface area contributed by atoms with Gasteiger partial charge in [0.05, 0.1) is 0 Å². The molecule has 0 radical (unpaired) electrons. The van der Waals surface area contributed by atoms with Crippen molar-refractivity contribution >= 4 is 5.91 Å². The van der Waals surface area contributed by atoms with Crippen molar-refractivity contribution in [2.24, 2.45) is 5.73 Å². The first-order valence-corrected chi connectivity index (χ1v) is 3.72. The molecule has 0 saturated heterocycles. The first-order chi connectivity index (χ1) is 6.61. The van der Waals surface area contributed by atoms with Crippen molar-refractivity contribution in [1.82, 2.24) is 5.32 Å². The molecule has 1 amide bonds. The number of rotatable bonds is 4. The molecule has 4 N–H and O–H groups in total. The number of nitrogens with two attached hydrogens (primary N) is 1. The summed E-state index contributed by atoms with van der Waals surface area (Å²) < 4.78 is 60.0. The van der Waals surface area contributed by atoms with Crippen molar-refractivity contribution in [1.29, 1.82) is 0 Å². The van der Waals surface area contributed by atoms with Gasteiger partial charge in [-0.2, -0.15) is 22.0 Å². The van der Waals surface area contributed by atoms with Gasteiger partial charge >= 0.3 is 12.1 Å². The van der Waals surface area contributed by atoms with Crippen molar-refractivity contribution in [3.8, 4) is 0 Å². The van der Waals surface area contributed by atoms with Crippen molar-refractivity contribution in [2.75, 3.05) is 13.1 Å². The molecule has 0 aromatic heterocycles. The minimum atomic E-state index is -4.79. The van der Waals surface area contributed by atoms with E-state index >= 15 is 0 Å². The van der Waals surface area contributed by atoms with Crippen LogP contribution in [0.2, 0.25) is 0 Å². The second-order valence-electron chi connectivity index (χ2n) is 2.67. The van der Waals surface area contributed by atoms with Crippen LogP contribution in [-0.4, -0.2) is 42.3 Å². The lowest BCUT2D eigenvalue weighted by molar-refractivity contribution is -0.168. The third-order valence-electron chi connectivity index (χ3n) is 1.39. The fourth-order valence-corrected chi connectivity index (χ4v) is 0.598. The van der Waals surface area contributed by atoms with Gasteiger partial charge in [-0.1, -0.05) is 0 Å². The van der Waals surface area contributed by atoms with E-state index in [9.17, 15) is 26.7 Å². The maximum Gasteiger partial charge on any atom is 0.405 e. The van der Waals surface area contributed by atoms with Crippen molar-refractivity contribution in [2.45, 2.75) is 18.2 Å². The molecule has 0 aliphatic carbocycles. The highest BCUT2D eigenvalue weighted by atomic mass is 19.4. The maximum absolute atomic E-state index is 12.7. The molecule has 9 heteroatoms. The van der Waals surface area contributed by atoms with Crippen LogP contribution in [0.5, 0.6) is 0 Å². The van der Waals surface area contributed by atoms with Gasteiger partial charge in [0, 0.05) is 6.54 Å². The average molecular weight is 236 g/mol. The van der Waals surface area contributed by atoms with Crippen LogP contribution in [0, 0.1) is 0 Å². The van der Waals surface area contributed by atoms with Crippen molar-refractivity contribution in [3.63, 3.8) is 0 Å². The molecule has 0 aliphatic heterocycles. The summed E-state index contributed by atoms with van der Waals surface area (Å²) in [5.74, 6) is -6.54. The van der Waals surface area contributed by atoms with E-state index in [0.717, 1.165) is 5.32 Å². The second-order valence-corrected chi connectivity index (χ2v) is 2.67. The molecule has 0 saturated carbocycles. The highest BCUT2D eigenvalue weighted by Crippen LogP contribution is 2.19. The third kappa shape index (κ3) is 4.38. The Morgan fingerprint density at radius 3 is 2.13 bits per heavy atom. The Labute approximate surface area is 81.2 Å². The average Bonchev–Trinajstić information content (AvgIpc) is 2.11. The third-order valence-corrected chi connectivity index (χ3v) is 1.39. The first kappa shape index (κ1) is 14.0. The molecule has 15 heavy (non-hydrogen) atoms. The molecule has 1 atom stereocenters. The monoisotopic (exact) mass is 236 g/mol. The molecular formula is C6H9F5N2O2. The molecule has 0 aliphatic rings.